The number of ether oxygens (including phenoxy) is 1. The number of amides is 1. The number of alkyl carbamates (subject to hydrolysis) is 1. The Balaban J connectivity index is 2.29. The summed E-state index contributed by atoms with van der Waals surface area (Å²) in [6.07, 6.45) is 0.0453. The van der Waals surface area contributed by atoms with Crippen LogP contribution >= 0.6 is 11.6 Å². The Bertz CT molecular complexity index is 758. The van der Waals surface area contributed by atoms with E-state index in [0.29, 0.717) is 30.1 Å². The molecule has 0 bridgehead atoms. The molecule has 1 aliphatic heterocycles. The minimum absolute atomic E-state index is 0.0451. The van der Waals surface area contributed by atoms with Crippen molar-refractivity contribution in [3.05, 3.63) is 28.8 Å². The SMILES string of the molecule is COC(=O)N[C@H]1CCN(c2cc(C#N)ccc2Cl)C[C@@H]1O[Si](C)(C)C(C)(C)C. The quantitative estimate of drug-likeness (QED) is 0.719. The van der Waals surface area contributed by atoms with Gasteiger partial charge in [-0.15, -0.1) is 0 Å². The number of nitrogens with zero attached hydrogens (tertiary/aromatic N) is 2. The summed E-state index contributed by atoms with van der Waals surface area (Å²) in [6.45, 7) is 12.2. The molecule has 2 rings (SSSR count). The van der Waals surface area contributed by atoms with Gasteiger partial charge in [0.05, 0.1) is 41.6 Å². The van der Waals surface area contributed by atoms with Gasteiger partial charge in [0.1, 0.15) is 0 Å². The van der Waals surface area contributed by atoms with Crippen LogP contribution in [0.4, 0.5) is 10.5 Å². The first-order valence-corrected chi connectivity index (χ1v) is 12.7. The second-order valence-electron chi connectivity index (χ2n) is 8.67. The lowest BCUT2D eigenvalue weighted by Crippen LogP contribution is -2.59. The Morgan fingerprint density at radius 1 is 1.39 bits per heavy atom. The van der Waals surface area contributed by atoms with Crippen molar-refractivity contribution in [2.75, 3.05) is 25.1 Å². The van der Waals surface area contributed by atoms with Crippen LogP contribution in [0.15, 0.2) is 18.2 Å². The van der Waals surface area contributed by atoms with Gasteiger partial charge in [-0.3, -0.25) is 0 Å². The Kier molecular flexibility index (Phi) is 7.02. The summed E-state index contributed by atoms with van der Waals surface area (Å²) in [4.78, 5) is 14.0. The fourth-order valence-corrected chi connectivity index (χ4v) is 4.60. The molecule has 1 heterocycles. The molecule has 154 valence electrons. The fraction of sp³-hybridized carbons (Fsp3) is 0.600. The van der Waals surface area contributed by atoms with Crippen molar-refractivity contribution in [2.24, 2.45) is 0 Å². The van der Waals surface area contributed by atoms with Crippen molar-refractivity contribution in [3.63, 3.8) is 0 Å². The Labute approximate surface area is 173 Å². The molecule has 0 saturated carbocycles. The minimum Gasteiger partial charge on any atom is -0.453 e. The van der Waals surface area contributed by atoms with Gasteiger partial charge >= 0.3 is 6.09 Å². The van der Waals surface area contributed by atoms with Crippen LogP contribution in [-0.2, 0) is 9.16 Å². The number of rotatable bonds is 4. The molecule has 0 aliphatic carbocycles. The second-order valence-corrected chi connectivity index (χ2v) is 13.8. The average Bonchev–Trinajstić information content (AvgIpc) is 2.62. The number of piperidine rings is 1. The molecular formula is C20H30ClN3O3Si. The summed E-state index contributed by atoms with van der Waals surface area (Å²) in [5.41, 5.74) is 1.39. The molecular weight excluding hydrogens is 394 g/mol. The zero-order valence-electron chi connectivity index (χ0n) is 17.5. The monoisotopic (exact) mass is 423 g/mol. The largest absolute Gasteiger partial charge is 0.453 e. The molecule has 0 spiro atoms. The topological polar surface area (TPSA) is 74.6 Å². The number of carbonyl (C=O) groups excluding carboxylic acids is 1. The molecule has 1 saturated heterocycles. The van der Waals surface area contributed by atoms with Crippen molar-refractivity contribution in [3.8, 4) is 6.07 Å². The van der Waals surface area contributed by atoms with Gasteiger partial charge in [0.2, 0.25) is 0 Å². The average molecular weight is 424 g/mol. The van der Waals surface area contributed by atoms with Gasteiger partial charge in [0.25, 0.3) is 0 Å². The molecule has 0 aromatic heterocycles. The van der Waals surface area contributed by atoms with Crippen LogP contribution in [0.25, 0.3) is 0 Å². The highest BCUT2D eigenvalue weighted by Crippen LogP contribution is 2.39. The van der Waals surface area contributed by atoms with Crippen molar-refractivity contribution in [1.29, 1.82) is 5.26 Å². The first-order valence-electron chi connectivity index (χ1n) is 9.45. The lowest BCUT2D eigenvalue weighted by atomic mass is 10.0. The molecule has 1 aliphatic rings. The number of methoxy groups -OCH3 is 1. The summed E-state index contributed by atoms with van der Waals surface area (Å²) in [5.74, 6) is 0. The van der Waals surface area contributed by atoms with Gasteiger partial charge in [-0.1, -0.05) is 32.4 Å². The fourth-order valence-electron chi connectivity index (χ4n) is 3.01. The summed E-state index contributed by atoms with van der Waals surface area (Å²) in [6, 6.07) is 7.28. The number of hydrogen-bond donors (Lipinski definition) is 1. The Morgan fingerprint density at radius 3 is 2.64 bits per heavy atom. The first-order chi connectivity index (χ1) is 13.0. The van der Waals surface area contributed by atoms with E-state index < -0.39 is 14.4 Å². The number of carbonyl (C=O) groups is 1. The normalized spacial score (nSPS) is 20.4. The highest BCUT2D eigenvalue weighted by atomic mass is 35.5. The summed E-state index contributed by atoms with van der Waals surface area (Å²) in [5, 5.41) is 12.8. The van der Waals surface area contributed by atoms with Crippen LogP contribution < -0.4 is 10.2 Å². The van der Waals surface area contributed by atoms with Crippen LogP contribution in [0.1, 0.15) is 32.8 Å². The van der Waals surface area contributed by atoms with Crippen molar-refractivity contribution >= 4 is 31.7 Å². The van der Waals surface area contributed by atoms with Crippen molar-refractivity contribution in [2.45, 2.75) is 57.5 Å². The molecule has 8 heteroatoms. The highest BCUT2D eigenvalue weighted by Gasteiger charge is 2.43. The highest BCUT2D eigenvalue weighted by molar-refractivity contribution is 6.74. The molecule has 1 aromatic carbocycles. The molecule has 1 fully saturated rings. The van der Waals surface area contributed by atoms with E-state index in [4.69, 9.17) is 20.8 Å². The number of nitriles is 1. The predicted molar refractivity (Wildman–Crippen MR) is 114 cm³/mol. The third-order valence-electron chi connectivity index (χ3n) is 5.72. The van der Waals surface area contributed by atoms with E-state index in [1.165, 1.54) is 7.11 Å². The minimum atomic E-state index is -2.06. The third kappa shape index (κ3) is 5.19. The van der Waals surface area contributed by atoms with Crippen LogP contribution in [0, 0.1) is 11.3 Å². The predicted octanol–water partition coefficient (Wildman–Crippen LogP) is 4.54. The van der Waals surface area contributed by atoms with Crippen LogP contribution in [0.3, 0.4) is 0 Å². The van der Waals surface area contributed by atoms with Gasteiger partial charge in [-0.05, 0) is 42.8 Å². The summed E-state index contributed by atoms with van der Waals surface area (Å²) < 4.78 is 11.5. The maximum atomic E-state index is 11.8. The maximum absolute atomic E-state index is 11.8. The van der Waals surface area contributed by atoms with Gasteiger partial charge in [0.15, 0.2) is 8.32 Å². The van der Waals surface area contributed by atoms with Gasteiger partial charge in [-0.2, -0.15) is 5.26 Å². The number of halogens is 1. The molecule has 28 heavy (non-hydrogen) atoms. The lowest BCUT2D eigenvalue weighted by Gasteiger charge is -2.46. The Hall–Kier alpha value is -1.75. The molecule has 1 N–H and O–H groups in total. The molecule has 0 radical (unpaired) electrons. The third-order valence-corrected chi connectivity index (χ3v) is 10.5. The molecule has 1 amide bonds. The van der Waals surface area contributed by atoms with Gasteiger partial charge in [0, 0.05) is 13.1 Å². The second kappa shape index (κ2) is 8.72. The van der Waals surface area contributed by atoms with Gasteiger partial charge in [-0.25, -0.2) is 4.79 Å². The number of hydrogen-bond acceptors (Lipinski definition) is 5. The number of nitrogens with one attached hydrogen (secondary N) is 1. The van der Waals surface area contributed by atoms with E-state index in [1.54, 1.807) is 18.2 Å². The molecule has 6 nitrogen and oxygen atoms in total. The first kappa shape index (κ1) is 22.5. The van der Waals surface area contributed by atoms with Crippen LogP contribution in [0.5, 0.6) is 0 Å². The van der Waals surface area contributed by atoms with Gasteiger partial charge < -0.3 is 19.4 Å². The number of benzene rings is 1. The van der Waals surface area contributed by atoms with Crippen molar-refractivity contribution in [1.82, 2.24) is 5.32 Å². The molecule has 2 atom stereocenters. The Morgan fingerprint density at radius 2 is 2.07 bits per heavy atom. The lowest BCUT2D eigenvalue weighted by molar-refractivity contribution is 0.109. The number of anilines is 1. The standard InChI is InChI=1S/C20H30ClN3O3Si/c1-20(2,3)28(5,6)27-18-13-24(10-9-16(18)23-19(25)26-4)17-11-14(12-22)7-8-15(17)21/h7-8,11,16,18H,9-10,13H2,1-6H3,(H,23,25)/t16-,18-/m0/s1. The van der Waals surface area contributed by atoms with Crippen molar-refractivity contribution < 1.29 is 14.0 Å². The maximum Gasteiger partial charge on any atom is 0.407 e. The zero-order valence-corrected chi connectivity index (χ0v) is 19.3. The van der Waals surface area contributed by atoms with E-state index in [2.05, 4.69) is 50.2 Å². The molecule has 0 unspecified atom stereocenters. The summed E-state index contributed by atoms with van der Waals surface area (Å²) >= 11 is 6.41. The van der Waals surface area contributed by atoms with E-state index in [0.717, 1.165) is 5.69 Å². The zero-order chi connectivity index (χ0) is 21.1. The van der Waals surface area contributed by atoms with E-state index in [1.807, 2.05) is 0 Å². The summed E-state index contributed by atoms with van der Waals surface area (Å²) in [7, 11) is -0.699. The van der Waals surface area contributed by atoms with E-state index in [9.17, 15) is 10.1 Å². The van der Waals surface area contributed by atoms with E-state index >= 15 is 0 Å². The van der Waals surface area contributed by atoms with Crippen LogP contribution in [0.2, 0.25) is 23.2 Å². The molecule has 1 aromatic rings. The smallest absolute Gasteiger partial charge is 0.407 e. The van der Waals surface area contributed by atoms with Crippen LogP contribution in [-0.4, -0.2) is 46.8 Å². The van der Waals surface area contributed by atoms with E-state index in [-0.39, 0.29) is 17.2 Å².